The van der Waals surface area contributed by atoms with Gasteiger partial charge in [-0.1, -0.05) is 26.0 Å². The fourth-order valence-corrected chi connectivity index (χ4v) is 1.76. The van der Waals surface area contributed by atoms with Crippen LogP contribution in [0.25, 0.3) is 0 Å². The van der Waals surface area contributed by atoms with Gasteiger partial charge in [0.05, 0.1) is 0 Å². The predicted molar refractivity (Wildman–Crippen MR) is 69.1 cm³/mol. The van der Waals surface area contributed by atoms with Gasteiger partial charge in [-0.2, -0.15) is 0 Å². The molecule has 0 saturated carbocycles. The molecule has 2 atom stereocenters. The van der Waals surface area contributed by atoms with Crippen LogP contribution in [0.2, 0.25) is 0 Å². The normalized spacial score (nSPS) is 22.1. The van der Waals surface area contributed by atoms with Gasteiger partial charge in [-0.05, 0) is 31.6 Å². The Balaban J connectivity index is 0.000000171. The minimum atomic E-state index is -0.467. The monoisotopic (exact) mass is 236 g/mol. The van der Waals surface area contributed by atoms with Crippen molar-refractivity contribution in [1.82, 2.24) is 9.97 Å². The maximum absolute atomic E-state index is 10.6. The van der Waals surface area contributed by atoms with Gasteiger partial charge in [0.1, 0.15) is 0 Å². The SMILES string of the molecule is CCC1C=CC(C)C1.Cc1c[nH]c(=O)[nH]c1=O. The third-order valence-corrected chi connectivity index (χ3v) is 2.92. The summed E-state index contributed by atoms with van der Waals surface area (Å²) in [5, 5.41) is 0. The second kappa shape index (κ2) is 6.23. The molecule has 94 valence electrons. The number of H-pyrrole nitrogens is 2. The van der Waals surface area contributed by atoms with Crippen LogP contribution in [0.4, 0.5) is 0 Å². The molecule has 2 rings (SSSR count). The predicted octanol–water partition coefficient (Wildman–Crippen LogP) is 1.98. The Morgan fingerprint density at radius 3 is 2.41 bits per heavy atom. The Kier molecular flexibility index (Phi) is 4.94. The van der Waals surface area contributed by atoms with Gasteiger partial charge in [-0.25, -0.2) is 4.79 Å². The molecular weight excluding hydrogens is 216 g/mol. The number of rotatable bonds is 1. The molecule has 1 aromatic rings. The third kappa shape index (κ3) is 4.43. The van der Waals surface area contributed by atoms with Gasteiger partial charge in [0.25, 0.3) is 5.56 Å². The Morgan fingerprint density at radius 1 is 1.35 bits per heavy atom. The van der Waals surface area contributed by atoms with Gasteiger partial charge in [-0.3, -0.25) is 9.78 Å². The van der Waals surface area contributed by atoms with E-state index >= 15 is 0 Å². The number of aromatic nitrogens is 2. The van der Waals surface area contributed by atoms with Crippen molar-refractivity contribution < 1.29 is 0 Å². The van der Waals surface area contributed by atoms with E-state index in [1.165, 1.54) is 19.0 Å². The summed E-state index contributed by atoms with van der Waals surface area (Å²) in [6.45, 7) is 6.16. The zero-order valence-corrected chi connectivity index (χ0v) is 10.6. The second-order valence-electron chi connectivity index (χ2n) is 4.52. The number of allylic oxidation sites excluding steroid dienone is 2. The molecule has 4 heteroatoms. The van der Waals surface area contributed by atoms with Crippen LogP contribution in [0.5, 0.6) is 0 Å². The highest BCUT2D eigenvalue weighted by atomic mass is 16.2. The molecule has 0 bridgehead atoms. The van der Waals surface area contributed by atoms with Crippen molar-refractivity contribution in [2.45, 2.75) is 33.6 Å². The molecule has 0 radical (unpaired) electrons. The highest BCUT2D eigenvalue weighted by molar-refractivity contribution is 4.99. The molecule has 4 nitrogen and oxygen atoms in total. The number of hydrogen-bond donors (Lipinski definition) is 2. The van der Waals surface area contributed by atoms with Crippen molar-refractivity contribution in [2.24, 2.45) is 11.8 Å². The Morgan fingerprint density at radius 2 is 2.06 bits per heavy atom. The van der Waals surface area contributed by atoms with Crippen molar-refractivity contribution in [3.63, 3.8) is 0 Å². The molecular formula is C13H20N2O2. The molecule has 0 saturated heterocycles. The summed E-state index contributed by atoms with van der Waals surface area (Å²) in [6, 6.07) is 0. The van der Waals surface area contributed by atoms with Crippen LogP contribution in [0, 0.1) is 18.8 Å². The maximum Gasteiger partial charge on any atom is 0.325 e. The summed E-state index contributed by atoms with van der Waals surface area (Å²) in [5.41, 5.74) is -0.293. The summed E-state index contributed by atoms with van der Waals surface area (Å²) < 4.78 is 0. The molecule has 2 unspecified atom stereocenters. The van der Waals surface area contributed by atoms with Gasteiger partial charge >= 0.3 is 5.69 Å². The van der Waals surface area contributed by atoms with Gasteiger partial charge in [0.2, 0.25) is 0 Å². The highest BCUT2D eigenvalue weighted by Gasteiger charge is 2.11. The Hall–Kier alpha value is -1.58. The molecule has 17 heavy (non-hydrogen) atoms. The average molecular weight is 236 g/mol. The van der Waals surface area contributed by atoms with Gasteiger partial charge in [0, 0.05) is 11.8 Å². The zero-order chi connectivity index (χ0) is 12.8. The van der Waals surface area contributed by atoms with E-state index in [9.17, 15) is 9.59 Å². The summed E-state index contributed by atoms with van der Waals surface area (Å²) in [6.07, 6.45) is 8.76. The Labute approximate surface area is 101 Å². The molecule has 1 aromatic heterocycles. The molecule has 1 aliphatic carbocycles. The van der Waals surface area contributed by atoms with E-state index in [2.05, 4.69) is 36.0 Å². The molecule has 2 N–H and O–H groups in total. The van der Waals surface area contributed by atoms with E-state index in [0.29, 0.717) is 5.56 Å². The topological polar surface area (TPSA) is 65.7 Å². The van der Waals surface area contributed by atoms with Crippen LogP contribution in [-0.2, 0) is 0 Å². The Bertz CT molecular complexity index is 485. The minimum Gasteiger partial charge on any atom is -0.314 e. The molecule has 0 fully saturated rings. The van der Waals surface area contributed by atoms with E-state index in [-0.39, 0.29) is 5.56 Å². The van der Waals surface area contributed by atoms with Crippen LogP contribution in [0.1, 0.15) is 32.3 Å². The first-order valence-electron chi connectivity index (χ1n) is 5.99. The number of aryl methyl sites for hydroxylation is 1. The lowest BCUT2D eigenvalue weighted by atomic mass is 10.0. The fourth-order valence-electron chi connectivity index (χ4n) is 1.76. The smallest absolute Gasteiger partial charge is 0.314 e. The summed E-state index contributed by atoms with van der Waals surface area (Å²) in [5.74, 6) is 1.74. The third-order valence-electron chi connectivity index (χ3n) is 2.92. The van der Waals surface area contributed by atoms with Crippen LogP contribution >= 0.6 is 0 Å². The highest BCUT2D eigenvalue weighted by Crippen LogP contribution is 2.24. The van der Waals surface area contributed by atoms with E-state index in [1.54, 1.807) is 6.92 Å². The van der Waals surface area contributed by atoms with E-state index < -0.39 is 5.69 Å². The van der Waals surface area contributed by atoms with Gasteiger partial charge < -0.3 is 4.98 Å². The summed E-state index contributed by atoms with van der Waals surface area (Å²) >= 11 is 0. The number of nitrogens with one attached hydrogen (secondary N) is 2. The van der Waals surface area contributed by atoms with Crippen LogP contribution < -0.4 is 11.2 Å². The molecule has 0 aliphatic heterocycles. The van der Waals surface area contributed by atoms with Crippen LogP contribution in [0.3, 0.4) is 0 Å². The molecule has 0 spiro atoms. The standard InChI is InChI=1S/C8H14.C5H6N2O2/c1-3-8-5-4-7(2)6-8;1-3-2-6-5(9)7-4(3)8/h4-5,7-8H,3,6H2,1-2H3;2H,1H3,(H2,6,7,8,9). The first kappa shape index (κ1) is 13.5. The number of aromatic amines is 2. The van der Waals surface area contributed by atoms with Crippen LogP contribution in [0.15, 0.2) is 27.9 Å². The molecule has 0 amide bonds. The molecule has 1 aliphatic rings. The van der Waals surface area contributed by atoms with Crippen molar-refractivity contribution in [2.75, 3.05) is 0 Å². The van der Waals surface area contributed by atoms with Gasteiger partial charge in [0.15, 0.2) is 0 Å². The van der Waals surface area contributed by atoms with Crippen LogP contribution in [-0.4, -0.2) is 9.97 Å². The van der Waals surface area contributed by atoms with Gasteiger partial charge in [-0.15, -0.1) is 0 Å². The summed E-state index contributed by atoms with van der Waals surface area (Å²) in [7, 11) is 0. The fraction of sp³-hybridized carbons (Fsp3) is 0.538. The molecule has 0 aromatic carbocycles. The largest absolute Gasteiger partial charge is 0.325 e. The van der Waals surface area contributed by atoms with E-state index in [4.69, 9.17) is 0 Å². The lowest BCUT2D eigenvalue weighted by molar-refractivity contribution is 0.538. The number of hydrogen-bond acceptors (Lipinski definition) is 2. The van der Waals surface area contributed by atoms with Crippen molar-refractivity contribution in [3.05, 3.63) is 44.8 Å². The minimum absolute atomic E-state index is 0.334. The maximum atomic E-state index is 10.6. The lowest BCUT2D eigenvalue weighted by Crippen LogP contribution is -2.22. The first-order chi connectivity index (χ1) is 8.02. The van der Waals surface area contributed by atoms with E-state index in [0.717, 1.165) is 11.8 Å². The van der Waals surface area contributed by atoms with E-state index in [1.807, 2.05) is 0 Å². The quantitative estimate of drug-likeness (QED) is 0.732. The van der Waals surface area contributed by atoms with Crippen molar-refractivity contribution in [3.8, 4) is 0 Å². The average Bonchev–Trinajstić information content (AvgIpc) is 2.71. The first-order valence-corrected chi connectivity index (χ1v) is 5.99. The zero-order valence-electron chi connectivity index (χ0n) is 10.6. The molecule has 1 heterocycles. The van der Waals surface area contributed by atoms with Crippen molar-refractivity contribution >= 4 is 0 Å². The second-order valence-corrected chi connectivity index (χ2v) is 4.52. The van der Waals surface area contributed by atoms with Crippen molar-refractivity contribution in [1.29, 1.82) is 0 Å². The summed E-state index contributed by atoms with van der Waals surface area (Å²) in [4.78, 5) is 25.3. The lowest BCUT2D eigenvalue weighted by Gasteiger charge is -2.02.